The summed E-state index contributed by atoms with van der Waals surface area (Å²) in [5, 5.41) is 3.22. The summed E-state index contributed by atoms with van der Waals surface area (Å²) >= 11 is 0. The Bertz CT molecular complexity index is 395. The molecule has 0 aliphatic carbocycles. The Morgan fingerprint density at radius 1 is 1.53 bits per heavy atom. The van der Waals surface area contributed by atoms with Crippen molar-refractivity contribution in [2.75, 3.05) is 43.6 Å². The van der Waals surface area contributed by atoms with Crippen LogP contribution in [0.2, 0.25) is 0 Å². The lowest BCUT2D eigenvalue weighted by atomic mass is 10.2. The van der Waals surface area contributed by atoms with Gasteiger partial charge in [0, 0.05) is 25.0 Å². The maximum absolute atomic E-state index is 11.4. The summed E-state index contributed by atoms with van der Waals surface area (Å²) in [4.78, 5) is 13.0. The third-order valence-electron chi connectivity index (χ3n) is 2.55. The number of carbonyl (C=O) groups is 1. The van der Waals surface area contributed by atoms with Gasteiger partial charge in [-0.3, -0.25) is 4.90 Å². The Morgan fingerprint density at radius 3 is 3.12 bits per heavy atom. The van der Waals surface area contributed by atoms with Gasteiger partial charge in [0.25, 0.3) is 0 Å². The second-order valence-electron chi connectivity index (χ2n) is 3.74. The van der Waals surface area contributed by atoms with Gasteiger partial charge in [-0.2, -0.15) is 0 Å². The summed E-state index contributed by atoms with van der Waals surface area (Å²) in [6.45, 7) is 2.46. The summed E-state index contributed by atoms with van der Waals surface area (Å²) < 4.78 is 9.87. The molecule has 0 spiro atoms. The highest BCUT2D eigenvalue weighted by atomic mass is 16.6. The molecule has 0 saturated carbocycles. The van der Waals surface area contributed by atoms with Gasteiger partial charge in [0.1, 0.15) is 6.61 Å². The molecule has 5 nitrogen and oxygen atoms in total. The molecule has 5 heteroatoms. The third kappa shape index (κ3) is 2.88. The van der Waals surface area contributed by atoms with E-state index in [0.717, 1.165) is 17.9 Å². The van der Waals surface area contributed by atoms with Gasteiger partial charge in [-0.15, -0.1) is 0 Å². The zero-order valence-corrected chi connectivity index (χ0v) is 9.81. The fourth-order valence-corrected chi connectivity index (χ4v) is 1.71. The van der Waals surface area contributed by atoms with Crippen molar-refractivity contribution in [1.82, 2.24) is 0 Å². The van der Waals surface area contributed by atoms with Crippen LogP contribution in [-0.2, 0) is 9.47 Å². The number of carbonyl (C=O) groups excluding carboxylic acids is 1. The van der Waals surface area contributed by atoms with Crippen molar-refractivity contribution in [1.29, 1.82) is 0 Å². The molecule has 1 heterocycles. The van der Waals surface area contributed by atoms with E-state index in [-0.39, 0.29) is 6.09 Å². The van der Waals surface area contributed by atoms with E-state index in [2.05, 4.69) is 5.32 Å². The van der Waals surface area contributed by atoms with Gasteiger partial charge in [0.05, 0.1) is 13.2 Å². The molecule has 0 bridgehead atoms. The molecule has 1 saturated heterocycles. The molecule has 0 radical (unpaired) electrons. The molecular weight excluding hydrogens is 220 g/mol. The number of benzene rings is 1. The SMILES string of the molecule is COCCNc1cccc(N2CCOC2=O)c1. The monoisotopic (exact) mass is 236 g/mol. The van der Waals surface area contributed by atoms with E-state index in [1.165, 1.54) is 0 Å². The van der Waals surface area contributed by atoms with Crippen molar-refractivity contribution in [3.8, 4) is 0 Å². The summed E-state index contributed by atoms with van der Waals surface area (Å²) in [5.74, 6) is 0. The van der Waals surface area contributed by atoms with Crippen LogP contribution in [-0.4, -0.2) is 39.5 Å². The highest BCUT2D eigenvalue weighted by molar-refractivity contribution is 5.89. The molecule has 0 aromatic heterocycles. The second kappa shape index (κ2) is 5.54. The van der Waals surface area contributed by atoms with Crippen LogP contribution in [0.25, 0.3) is 0 Å². The van der Waals surface area contributed by atoms with Crippen LogP contribution in [0.5, 0.6) is 0 Å². The lowest BCUT2D eigenvalue weighted by molar-refractivity contribution is 0.181. The molecule has 1 fully saturated rings. The van der Waals surface area contributed by atoms with Crippen LogP contribution in [0.4, 0.5) is 16.2 Å². The Hall–Kier alpha value is -1.75. The highest BCUT2D eigenvalue weighted by Gasteiger charge is 2.23. The number of hydrogen-bond donors (Lipinski definition) is 1. The van der Waals surface area contributed by atoms with E-state index in [1.54, 1.807) is 12.0 Å². The summed E-state index contributed by atoms with van der Waals surface area (Å²) in [6, 6.07) is 7.70. The molecule has 17 heavy (non-hydrogen) atoms. The molecule has 2 rings (SSSR count). The van der Waals surface area contributed by atoms with Gasteiger partial charge in [0.15, 0.2) is 0 Å². The van der Waals surface area contributed by atoms with E-state index in [9.17, 15) is 4.79 Å². The van der Waals surface area contributed by atoms with Gasteiger partial charge in [-0.25, -0.2) is 4.79 Å². The molecule has 0 unspecified atom stereocenters. The van der Waals surface area contributed by atoms with Crippen molar-refractivity contribution >= 4 is 17.5 Å². The Labute approximate surface area is 100 Å². The second-order valence-corrected chi connectivity index (χ2v) is 3.74. The predicted octanol–water partition coefficient (Wildman–Crippen LogP) is 1.70. The molecule has 1 amide bonds. The number of amides is 1. The molecule has 1 aliphatic rings. The van der Waals surface area contributed by atoms with Gasteiger partial charge in [-0.1, -0.05) is 6.07 Å². The molecule has 1 aromatic carbocycles. The Balaban J connectivity index is 2.03. The van der Waals surface area contributed by atoms with E-state index < -0.39 is 0 Å². The normalized spacial score (nSPS) is 14.9. The van der Waals surface area contributed by atoms with Crippen LogP contribution in [0.3, 0.4) is 0 Å². The molecule has 1 aromatic rings. The van der Waals surface area contributed by atoms with Crippen LogP contribution in [0.15, 0.2) is 24.3 Å². The number of rotatable bonds is 5. The first-order valence-electron chi connectivity index (χ1n) is 5.58. The molecule has 92 valence electrons. The minimum Gasteiger partial charge on any atom is -0.447 e. The molecule has 0 atom stereocenters. The smallest absolute Gasteiger partial charge is 0.414 e. The summed E-state index contributed by atoms with van der Waals surface area (Å²) in [5.41, 5.74) is 1.83. The lowest BCUT2D eigenvalue weighted by Crippen LogP contribution is -2.23. The first-order valence-corrected chi connectivity index (χ1v) is 5.58. The number of ether oxygens (including phenoxy) is 2. The molecule has 1 aliphatic heterocycles. The van der Waals surface area contributed by atoms with Gasteiger partial charge >= 0.3 is 6.09 Å². The summed E-state index contributed by atoms with van der Waals surface area (Å²) in [6.07, 6.45) is -0.279. The number of methoxy groups -OCH3 is 1. The van der Waals surface area contributed by atoms with Crippen molar-refractivity contribution in [2.45, 2.75) is 0 Å². The van der Waals surface area contributed by atoms with Crippen LogP contribution in [0, 0.1) is 0 Å². The minimum atomic E-state index is -0.279. The highest BCUT2D eigenvalue weighted by Crippen LogP contribution is 2.22. The number of hydrogen-bond acceptors (Lipinski definition) is 4. The number of nitrogens with one attached hydrogen (secondary N) is 1. The average Bonchev–Trinajstić information content (AvgIpc) is 2.76. The molecular formula is C12H16N2O3. The van der Waals surface area contributed by atoms with Gasteiger partial charge in [0.2, 0.25) is 0 Å². The van der Waals surface area contributed by atoms with Gasteiger partial charge in [-0.05, 0) is 18.2 Å². The van der Waals surface area contributed by atoms with Crippen molar-refractivity contribution in [2.24, 2.45) is 0 Å². The summed E-state index contributed by atoms with van der Waals surface area (Å²) in [7, 11) is 1.67. The fraction of sp³-hybridized carbons (Fsp3) is 0.417. The van der Waals surface area contributed by atoms with Crippen molar-refractivity contribution in [3.05, 3.63) is 24.3 Å². The zero-order chi connectivity index (χ0) is 12.1. The van der Waals surface area contributed by atoms with Crippen LogP contribution >= 0.6 is 0 Å². The van der Waals surface area contributed by atoms with E-state index >= 15 is 0 Å². The number of nitrogens with zero attached hydrogens (tertiary/aromatic N) is 1. The van der Waals surface area contributed by atoms with E-state index in [4.69, 9.17) is 9.47 Å². The zero-order valence-electron chi connectivity index (χ0n) is 9.81. The lowest BCUT2D eigenvalue weighted by Gasteiger charge is -2.14. The average molecular weight is 236 g/mol. The number of anilines is 2. The predicted molar refractivity (Wildman–Crippen MR) is 65.5 cm³/mol. The first-order chi connectivity index (χ1) is 8.31. The van der Waals surface area contributed by atoms with Crippen molar-refractivity contribution < 1.29 is 14.3 Å². The largest absolute Gasteiger partial charge is 0.447 e. The van der Waals surface area contributed by atoms with Crippen molar-refractivity contribution in [3.63, 3.8) is 0 Å². The fourth-order valence-electron chi connectivity index (χ4n) is 1.71. The third-order valence-corrected chi connectivity index (χ3v) is 2.55. The maximum atomic E-state index is 11.4. The van der Waals surface area contributed by atoms with Gasteiger partial charge < -0.3 is 14.8 Å². The quantitative estimate of drug-likeness (QED) is 0.791. The van der Waals surface area contributed by atoms with Crippen LogP contribution < -0.4 is 10.2 Å². The standard InChI is InChI=1S/C12H16N2O3/c1-16-7-5-13-10-3-2-4-11(9-10)14-6-8-17-12(14)15/h2-4,9,13H,5-8H2,1H3. The minimum absolute atomic E-state index is 0.279. The molecule has 1 N–H and O–H groups in total. The van der Waals surface area contributed by atoms with E-state index in [0.29, 0.717) is 19.8 Å². The Morgan fingerprint density at radius 2 is 2.41 bits per heavy atom. The first kappa shape index (κ1) is 11.7. The number of cyclic esters (lactones) is 1. The maximum Gasteiger partial charge on any atom is 0.414 e. The topological polar surface area (TPSA) is 50.8 Å². The van der Waals surface area contributed by atoms with Crippen LogP contribution in [0.1, 0.15) is 0 Å². The Kier molecular flexibility index (Phi) is 3.82. The van der Waals surface area contributed by atoms with E-state index in [1.807, 2.05) is 24.3 Å².